The van der Waals surface area contributed by atoms with Crippen molar-refractivity contribution in [3.05, 3.63) is 83.9 Å². The maximum absolute atomic E-state index is 13.2. The number of pyridine rings is 1. The van der Waals surface area contributed by atoms with Gasteiger partial charge in [-0.3, -0.25) is 9.78 Å². The molecule has 0 atom stereocenters. The van der Waals surface area contributed by atoms with Crippen molar-refractivity contribution in [2.45, 2.75) is 0 Å². The molecule has 1 aromatic heterocycles. The fourth-order valence-corrected chi connectivity index (χ4v) is 2.24. The first-order chi connectivity index (χ1) is 12.1. The van der Waals surface area contributed by atoms with Gasteiger partial charge in [-0.15, -0.1) is 0 Å². The van der Waals surface area contributed by atoms with E-state index in [1.165, 1.54) is 24.5 Å². The lowest BCUT2D eigenvalue weighted by Crippen LogP contribution is -2.12. The number of hydrogen-bond acceptors (Lipinski definition) is 4. The number of carbonyl (C=O) groups is 1. The van der Waals surface area contributed by atoms with E-state index >= 15 is 0 Å². The molecule has 5 nitrogen and oxygen atoms in total. The van der Waals surface area contributed by atoms with Crippen LogP contribution in [-0.4, -0.2) is 10.9 Å². The smallest absolute Gasteiger partial charge is 0.257 e. The maximum Gasteiger partial charge on any atom is 0.257 e. The Hall–Kier alpha value is -3.72. The van der Waals surface area contributed by atoms with Gasteiger partial charge in [-0.1, -0.05) is 12.1 Å². The SMILES string of the molecule is N#Cc1cccc(NC(=O)c2cncc(Nc3cccc(F)c3)c2)c1. The van der Waals surface area contributed by atoms with E-state index in [1.807, 2.05) is 6.07 Å². The van der Waals surface area contributed by atoms with Gasteiger partial charge in [-0.05, 0) is 42.5 Å². The summed E-state index contributed by atoms with van der Waals surface area (Å²) in [5, 5.41) is 14.6. The Labute approximate surface area is 143 Å². The zero-order valence-corrected chi connectivity index (χ0v) is 13.0. The van der Waals surface area contributed by atoms with Crippen LogP contribution in [0.15, 0.2) is 67.0 Å². The second-order valence-corrected chi connectivity index (χ2v) is 5.24. The molecule has 3 rings (SSSR count). The molecule has 2 aromatic carbocycles. The second kappa shape index (κ2) is 7.23. The van der Waals surface area contributed by atoms with Crippen molar-refractivity contribution in [3.8, 4) is 6.07 Å². The monoisotopic (exact) mass is 332 g/mol. The van der Waals surface area contributed by atoms with E-state index in [9.17, 15) is 9.18 Å². The van der Waals surface area contributed by atoms with Gasteiger partial charge in [-0.25, -0.2) is 4.39 Å². The molecule has 3 aromatic rings. The Kier molecular flexibility index (Phi) is 4.67. The fraction of sp³-hybridized carbons (Fsp3) is 0. The van der Waals surface area contributed by atoms with Crippen LogP contribution in [0.4, 0.5) is 21.5 Å². The highest BCUT2D eigenvalue weighted by Gasteiger charge is 2.08. The van der Waals surface area contributed by atoms with Crippen molar-refractivity contribution in [2.24, 2.45) is 0 Å². The molecule has 6 heteroatoms. The molecule has 1 heterocycles. The Morgan fingerprint density at radius 1 is 1.00 bits per heavy atom. The fourth-order valence-electron chi connectivity index (χ4n) is 2.24. The third kappa shape index (κ3) is 4.18. The lowest BCUT2D eigenvalue weighted by molar-refractivity contribution is 0.102. The molecule has 0 fully saturated rings. The summed E-state index contributed by atoms with van der Waals surface area (Å²) in [5.41, 5.74) is 2.43. The van der Waals surface area contributed by atoms with Gasteiger partial charge in [0.1, 0.15) is 5.82 Å². The van der Waals surface area contributed by atoms with Crippen LogP contribution in [0, 0.1) is 17.1 Å². The van der Waals surface area contributed by atoms with Crippen LogP contribution >= 0.6 is 0 Å². The average Bonchev–Trinajstić information content (AvgIpc) is 2.62. The molecule has 0 spiro atoms. The van der Waals surface area contributed by atoms with Crippen molar-refractivity contribution in [3.63, 3.8) is 0 Å². The molecule has 0 aliphatic heterocycles. The van der Waals surface area contributed by atoms with Crippen molar-refractivity contribution >= 4 is 23.0 Å². The lowest BCUT2D eigenvalue weighted by atomic mass is 10.2. The van der Waals surface area contributed by atoms with Crippen molar-refractivity contribution in [1.82, 2.24) is 4.98 Å². The molecule has 0 saturated heterocycles. The van der Waals surface area contributed by atoms with E-state index in [2.05, 4.69) is 15.6 Å². The summed E-state index contributed by atoms with van der Waals surface area (Å²) < 4.78 is 13.2. The minimum atomic E-state index is -0.357. The highest BCUT2D eigenvalue weighted by atomic mass is 19.1. The first-order valence-corrected chi connectivity index (χ1v) is 7.43. The van der Waals surface area contributed by atoms with E-state index in [0.717, 1.165) is 0 Å². The number of hydrogen-bond donors (Lipinski definition) is 2. The number of carbonyl (C=O) groups excluding carboxylic acids is 1. The highest BCUT2D eigenvalue weighted by Crippen LogP contribution is 2.18. The zero-order chi connectivity index (χ0) is 17.6. The van der Waals surface area contributed by atoms with Gasteiger partial charge >= 0.3 is 0 Å². The summed E-state index contributed by atoms with van der Waals surface area (Å²) in [6.07, 6.45) is 2.97. The summed E-state index contributed by atoms with van der Waals surface area (Å²) in [7, 11) is 0. The van der Waals surface area contributed by atoms with Gasteiger partial charge in [0.25, 0.3) is 5.91 Å². The summed E-state index contributed by atoms with van der Waals surface area (Å²) in [4.78, 5) is 16.4. The molecule has 2 N–H and O–H groups in total. The Bertz CT molecular complexity index is 965. The number of rotatable bonds is 4. The molecule has 0 bridgehead atoms. The molecule has 1 amide bonds. The minimum absolute atomic E-state index is 0.337. The molecule has 0 unspecified atom stereocenters. The average molecular weight is 332 g/mol. The summed E-state index contributed by atoms with van der Waals surface area (Å²) in [6, 6.07) is 16.2. The van der Waals surface area contributed by atoms with Gasteiger partial charge in [0, 0.05) is 17.6 Å². The largest absolute Gasteiger partial charge is 0.354 e. The first kappa shape index (κ1) is 16.1. The lowest BCUT2D eigenvalue weighted by Gasteiger charge is -2.09. The molecule has 0 aliphatic carbocycles. The Balaban J connectivity index is 1.76. The number of nitrogens with zero attached hydrogens (tertiary/aromatic N) is 2. The number of nitriles is 1. The van der Waals surface area contributed by atoms with Crippen molar-refractivity contribution in [2.75, 3.05) is 10.6 Å². The summed E-state index contributed by atoms with van der Waals surface area (Å²) in [5.74, 6) is -0.713. The van der Waals surface area contributed by atoms with Crippen LogP contribution in [0.1, 0.15) is 15.9 Å². The number of nitrogens with one attached hydrogen (secondary N) is 2. The predicted molar refractivity (Wildman–Crippen MR) is 93.0 cm³/mol. The number of anilines is 3. The predicted octanol–water partition coefficient (Wildman–Crippen LogP) is 4.09. The molecular formula is C19H13FN4O. The molecule has 0 saturated carbocycles. The third-order valence-electron chi connectivity index (χ3n) is 3.36. The van der Waals surface area contributed by atoms with E-state index in [1.54, 1.807) is 42.5 Å². The minimum Gasteiger partial charge on any atom is -0.354 e. The van der Waals surface area contributed by atoms with Crippen LogP contribution in [0.2, 0.25) is 0 Å². The van der Waals surface area contributed by atoms with Crippen molar-refractivity contribution < 1.29 is 9.18 Å². The second-order valence-electron chi connectivity index (χ2n) is 5.24. The number of aromatic nitrogens is 1. The van der Waals surface area contributed by atoms with Crippen LogP contribution < -0.4 is 10.6 Å². The Morgan fingerprint density at radius 3 is 2.60 bits per heavy atom. The van der Waals surface area contributed by atoms with Gasteiger partial charge in [0.15, 0.2) is 0 Å². The third-order valence-corrected chi connectivity index (χ3v) is 3.36. The van der Waals surface area contributed by atoms with Crippen molar-refractivity contribution in [1.29, 1.82) is 5.26 Å². The Morgan fingerprint density at radius 2 is 1.80 bits per heavy atom. The molecular weight excluding hydrogens is 319 g/mol. The van der Waals surface area contributed by atoms with E-state index < -0.39 is 0 Å². The van der Waals surface area contributed by atoms with E-state index in [0.29, 0.717) is 28.2 Å². The first-order valence-electron chi connectivity index (χ1n) is 7.43. The van der Waals surface area contributed by atoms with E-state index in [4.69, 9.17) is 5.26 Å². The van der Waals surface area contributed by atoms with Gasteiger partial charge < -0.3 is 10.6 Å². The summed E-state index contributed by atoms with van der Waals surface area (Å²) >= 11 is 0. The maximum atomic E-state index is 13.2. The summed E-state index contributed by atoms with van der Waals surface area (Å²) in [6.45, 7) is 0. The zero-order valence-electron chi connectivity index (χ0n) is 13.0. The molecule has 122 valence electrons. The number of amides is 1. The van der Waals surface area contributed by atoms with Gasteiger partial charge in [0.2, 0.25) is 0 Å². The van der Waals surface area contributed by atoms with Crippen LogP contribution in [0.5, 0.6) is 0 Å². The van der Waals surface area contributed by atoms with Crippen LogP contribution in [0.25, 0.3) is 0 Å². The highest BCUT2D eigenvalue weighted by molar-refractivity contribution is 6.04. The quantitative estimate of drug-likeness (QED) is 0.754. The standard InChI is InChI=1S/C19H13FN4O/c20-15-4-2-6-17(9-15)23-18-8-14(11-22-12-18)19(25)24-16-5-1-3-13(7-16)10-21/h1-9,11-12,23H,(H,24,25). The van der Waals surface area contributed by atoms with E-state index in [-0.39, 0.29) is 11.7 Å². The topological polar surface area (TPSA) is 77.8 Å². The van der Waals surface area contributed by atoms with Crippen LogP contribution in [0.3, 0.4) is 0 Å². The molecule has 0 aliphatic rings. The molecule has 0 radical (unpaired) electrons. The number of benzene rings is 2. The van der Waals surface area contributed by atoms with Crippen LogP contribution in [-0.2, 0) is 0 Å². The van der Waals surface area contributed by atoms with Gasteiger partial charge in [-0.2, -0.15) is 5.26 Å². The van der Waals surface area contributed by atoms with Gasteiger partial charge in [0.05, 0.1) is 29.1 Å². The normalized spacial score (nSPS) is 9.92. The number of halogens is 1. The molecule has 25 heavy (non-hydrogen) atoms.